The van der Waals surface area contributed by atoms with Crippen LogP contribution in [0.4, 0.5) is 13.2 Å². The van der Waals surface area contributed by atoms with Crippen molar-refractivity contribution in [2.24, 2.45) is 0 Å². The van der Waals surface area contributed by atoms with Crippen LogP contribution in [0.5, 0.6) is 0 Å². The molecule has 1 unspecified atom stereocenters. The smallest absolute Gasteiger partial charge is 0.408 e. The highest BCUT2D eigenvalue weighted by atomic mass is 19.4. The van der Waals surface area contributed by atoms with Crippen LogP contribution in [0.25, 0.3) is 0 Å². The number of hydrogen-bond acceptors (Lipinski definition) is 4. The fourth-order valence-electron chi connectivity index (χ4n) is 2.46. The molecular weight excluding hydrogens is 367 g/mol. The standard InChI is InChI=1S/C17H26F3N3O4/c1-10-12(11(2)23(22-10)9-17(18,19)20)8-14(24)21-13(15(25)26)6-7-27-16(3,4)5/h13H,6-9H2,1-5H3,(H,21,24)(H,25,26). The molecule has 1 aromatic rings. The fraction of sp³-hybridized carbons (Fsp3) is 0.706. The van der Waals surface area contributed by atoms with Gasteiger partial charge in [-0.3, -0.25) is 9.48 Å². The molecule has 10 heteroatoms. The van der Waals surface area contributed by atoms with Crippen molar-refractivity contribution in [2.45, 2.75) is 71.8 Å². The molecule has 0 aromatic carbocycles. The third-order valence-electron chi connectivity index (χ3n) is 3.77. The Labute approximate surface area is 155 Å². The quantitative estimate of drug-likeness (QED) is 0.707. The summed E-state index contributed by atoms with van der Waals surface area (Å²) in [6.07, 6.45) is -4.60. The number of nitrogens with zero attached hydrogens (tertiary/aromatic N) is 2. The van der Waals surface area contributed by atoms with Gasteiger partial charge in [-0.05, 0) is 34.6 Å². The van der Waals surface area contributed by atoms with E-state index in [1.165, 1.54) is 13.8 Å². The third-order valence-corrected chi connectivity index (χ3v) is 3.77. The first-order valence-electron chi connectivity index (χ1n) is 8.45. The maximum atomic E-state index is 12.6. The number of carboxylic acids is 1. The van der Waals surface area contributed by atoms with Crippen molar-refractivity contribution in [1.82, 2.24) is 15.1 Å². The minimum Gasteiger partial charge on any atom is -0.480 e. The lowest BCUT2D eigenvalue weighted by Crippen LogP contribution is -2.42. The first-order valence-corrected chi connectivity index (χ1v) is 8.45. The molecule has 0 fully saturated rings. The molecule has 0 spiro atoms. The van der Waals surface area contributed by atoms with Crippen LogP contribution in [0.2, 0.25) is 0 Å². The van der Waals surface area contributed by atoms with E-state index in [1.54, 1.807) is 0 Å². The van der Waals surface area contributed by atoms with Crippen LogP contribution < -0.4 is 5.32 Å². The molecule has 0 aliphatic heterocycles. The van der Waals surface area contributed by atoms with Crippen molar-refractivity contribution < 1.29 is 32.6 Å². The molecule has 0 aliphatic rings. The summed E-state index contributed by atoms with van der Waals surface area (Å²) >= 11 is 0. The SMILES string of the molecule is Cc1nn(CC(F)(F)F)c(C)c1CC(=O)NC(CCOC(C)(C)C)C(=O)O. The molecule has 0 aliphatic carbocycles. The Morgan fingerprint density at radius 1 is 1.26 bits per heavy atom. The number of alkyl halides is 3. The number of hydrogen-bond donors (Lipinski definition) is 2. The second-order valence-electron chi connectivity index (χ2n) is 7.31. The molecule has 154 valence electrons. The van der Waals surface area contributed by atoms with E-state index in [1.807, 2.05) is 20.8 Å². The number of nitrogens with one attached hydrogen (secondary N) is 1. The van der Waals surface area contributed by atoms with Crippen LogP contribution >= 0.6 is 0 Å². The van der Waals surface area contributed by atoms with Crippen LogP contribution in [-0.2, 0) is 27.3 Å². The monoisotopic (exact) mass is 393 g/mol. The summed E-state index contributed by atoms with van der Waals surface area (Å²) in [5.41, 5.74) is 0.443. The van der Waals surface area contributed by atoms with E-state index >= 15 is 0 Å². The first-order chi connectivity index (χ1) is 12.2. The minimum atomic E-state index is -4.43. The Morgan fingerprint density at radius 2 is 1.85 bits per heavy atom. The molecule has 0 saturated carbocycles. The van der Waals surface area contributed by atoms with Gasteiger partial charge in [0.2, 0.25) is 5.91 Å². The van der Waals surface area contributed by atoms with E-state index < -0.39 is 36.2 Å². The van der Waals surface area contributed by atoms with Crippen LogP contribution in [0.15, 0.2) is 0 Å². The van der Waals surface area contributed by atoms with E-state index in [-0.39, 0.29) is 25.1 Å². The van der Waals surface area contributed by atoms with Crippen molar-refractivity contribution in [2.75, 3.05) is 6.61 Å². The van der Waals surface area contributed by atoms with Gasteiger partial charge in [0.05, 0.1) is 17.7 Å². The van der Waals surface area contributed by atoms with Gasteiger partial charge in [0.1, 0.15) is 12.6 Å². The normalized spacial score (nSPS) is 13.5. The number of carboxylic acid groups (broad SMARTS) is 1. The van der Waals surface area contributed by atoms with Crippen molar-refractivity contribution in [3.8, 4) is 0 Å². The summed E-state index contributed by atoms with van der Waals surface area (Å²) in [7, 11) is 0. The molecule has 0 bridgehead atoms. The summed E-state index contributed by atoms with van der Waals surface area (Å²) in [5, 5.41) is 15.5. The number of ether oxygens (including phenoxy) is 1. The van der Waals surface area contributed by atoms with E-state index in [4.69, 9.17) is 4.74 Å². The van der Waals surface area contributed by atoms with E-state index in [2.05, 4.69) is 10.4 Å². The van der Waals surface area contributed by atoms with Gasteiger partial charge in [0.15, 0.2) is 0 Å². The molecule has 0 saturated heterocycles. The lowest BCUT2D eigenvalue weighted by molar-refractivity contribution is -0.143. The van der Waals surface area contributed by atoms with E-state index in [9.17, 15) is 27.9 Å². The number of halogens is 3. The van der Waals surface area contributed by atoms with Gasteiger partial charge in [-0.2, -0.15) is 18.3 Å². The van der Waals surface area contributed by atoms with Gasteiger partial charge < -0.3 is 15.2 Å². The number of carbonyl (C=O) groups excluding carboxylic acids is 1. The molecule has 1 rings (SSSR count). The average molecular weight is 393 g/mol. The highest BCUT2D eigenvalue weighted by Gasteiger charge is 2.30. The Kier molecular flexibility index (Phi) is 7.41. The van der Waals surface area contributed by atoms with Crippen LogP contribution in [0.3, 0.4) is 0 Å². The highest BCUT2D eigenvalue weighted by Crippen LogP contribution is 2.21. The maximum absolute atomic E-state index is 12.6. The number of aliphatic carboxylic acids is 1. The van der Waals surface area contributed by atoms with E-state index in [0.717, 1.165) is 4.68 Å². The van der Waals surface area contributed by atoms with Crippen LogP contribution in [0, 0.1) is 13.8 Å². The van der Waals surface area contributed by atoms with Gasteiger partial charge >= 0.3 is 12.1 Å². The minimum absolute atomic E-state index is 0.0731. The zero-order valence-electron chi connectivity index (χ0n) is 16.1. The molecule has 2 N–H and O–H groups in total. The maximum Gasteiger partial charge on any atom is 0.408 e. The average Bonchev–Trinajstić information content (AvgIpc) is 2.70. The lowest BCUT2D eigenvalue weighted by Gasteiger charge is -2.21. The molecule has 27 heavy (non-hydrogen) atoms. The molecule has 1 amide bonds. The number of amides is 1. The second kappa shape index (κ2) is 8.73. The summed E-state index contributed by atoms with van der Waals surface area (Å²) in [6, 6.07) is -1.15. The third kappa shape index (κ3) is 7.98. The number of aromatic nitrogens is 2. The van der Waals surface area contributed by atoms with Gasteiger partial charge in [-0.1, -0.05) is 0 Å². The lowest BCUT2D eigenvalue weighted by atomic mass is 10.1. The second-order valence-corrected chi connectivity index (χ2v) is 7.31. The van der Waals surface area contributed by atoms with Crippen LogP contribution in [-0.4, -0.2) is 51.2 Å². The van der Waals surface area contributed by atoms with Crippen molar-refractivity contribution in [3.63, 3.8) is 0 Å². The number of carbonyl (C=O) groups is 2. The molecule has 0 radical (unpaired) electrons. The molecule has 1 heterocycles. The summed E-state index contributed by atoms with van der Waals surface area (Å²) in [5.74, 6) is -1.81. The van der Waals surface area contributed by atoms with Crippen molar-refractivity contribution in [3.05, 3.63) is 17.0 Å². The van der Waals surface area contributed by atoms with Gasteiger partial charge in [-0.25, -0.2) is 4.79 Å². The summed E-state index contributed by atoms with van der Waals surface area (Å²) in [4.78, 5) is 23.5. The fourth-order valence-corrected chi connectivity index (χ4v) is 2.46. The molecule has 1 atom stereocenters. The Balaban J connectivity index is 2.75. The predicted octanol–water partition coefficient (Wildman–Crippen LogP) is 2.38. The van der Waals surface area contributed by atoms with Gasteiger partial charge in [0, 0.05) is 24.3 Å². The zero-order chi connectivity index (χ0) is 21.0. The Morgan fingerprint density at radius 3 is 2.33 bits per heavy atom. The topological polar surface area (TPSA) is 93.5 Å². The summed E-state index contributed by atoms with van der Waals surface area (Å²) in [6.45, 7) is 7.32. The number of rotatable bonds is 8. The predicted molar refractivity (Wildman–Crippen MR) is 91.3 cm³/mol. The Bertz CT molecular complexity index is 678. The first kappa shape index (κ1) is 22.9. The van der Waals surface area contributed by atoms with Crippen molar-refractivity contribution >= 4 is 11.9 Å². The van der Waals surface area contributed by atoms with Crippen LogP contribution in [0.1, 0.15) is 44.1 Å². The largest absolute Gasteiger partial charge is 0.480 e. The van der Waals surface area contributed by atoms with Gasteiger partial charge in [0.25, 0.3) is 0 Å². The van der Waals surface area contributed by atoms with Gasteiger partial charge in [-0.15, -0.1) is 0 Å². The molecular formula is C17H26F3N3O4. The molecule has 7 nitrogen and oxygen atoms in total. The number of aryl methyl sites for hydroxylation is 1. The zero-order valence-corrected chi connectivity index (χ0v) is 16.1. The van der Waals surface area contributed by atoms with Crippen molar-refractivity contribution in [1.29, 1.82) is 0 Å². The highest BCUT2D eigenvalue weighted by molar-refractivity contribution is 5.85. The summed E-state index contributed by atoms with van der Waals surface area (Å²) < 4.78 is 44.0. The molecule has 1 aromatic heterocycles. The Hall–Kier alpha value is -2.10. The van der Waals surface area contributed by atoms with E-state index in [0.29, 0.717) is 11.3 Å².